The number of carbonyl (C=O) groups excluding carboxylic acids is 1. The van der Waals surface area contributed by atoms with Crippen LogP contribution < -0.4 is 10.1 Å². The van der Waals surface area contributed by atoms with Crippen molar-refractivity contribution >= 4 is 5.91 Å². The molecule has 0 radical (unpaired) electrons. The summed E-state index contributed by atoms with van der Waals surface area (Å²) in [6.45, 7) is 9.28. The molecule has 2 aliphatic heterocycles. The molecule has 0 unspecified atom stereocenters. The Morgan fingerprint density at radius 1 is 1.39 bits per heavy atom. The molecule has 0 aliphatic carbocycles. The predicted octanol–water partition coefficient (Wildman–Crippen LogP) is 2.99. The zero-order valence-corrected chi connectivity index (χ0v) is 16.9. The highest BCUT2D eigenvalue weighted by Gasteiger charge is 2.23. The van der Waals surface area contributed by atoms with Gasteiger partial charge in [0.25, 0.3) is 0 Å². The van der Waals surface area contributed by atoms with Crippen molar-refractivity contribution in [2.24, 2.45) is 5.92 Å². The molecule has 2 aliphatic rings. The van der Waals surface area contributed by atoms with Crippen LogP contribution in [0.15, 0.2) is 24.4 Å². The number of rotatable bonds is 6. The maximum Gasteiger partial charge on any atom is 0.241 e. The first-order valence-corrected chi connectivity index (χ1v) is 10.4. The Balaban J connectivity index is 1.32. The van der Waals surface area contributed by atoms with E-state index in [0.717, 1.165) is 41.5 Å². The smallest absolute Gasteiger partial charge is 0.241 e. The highest BCUT2D eigenvalue weighted by Crippen LogP contribution is 2.37. The first-order valence-electron chi connectivity index (χ1n) is 10.4. The molecule has 1 saturated heterocycles. The highest BCUT2D eigenvalue weighted by atomic mass is 16.5. The molecule has 1 atom stereocenters. The zero-order valence-electron chi connectivity index (χ0n) is 16.9. The van der Waals surface area contributed by atoms with Gasteiger partial charge in [-0.2, -0.15) is 5.10 Å². The minimum atomic E-state index is 0.0126. The predicted molar refractivity (Wildman–Crippen MR) is 109 cm³/mol. The van der Waals surface area contributed by atoms with Crippen LogP contribution in [0.2, 0.25) is 0 Å². The Morgan fingerprint density at radius 2 is 2.29 bits per heavy atom. The summed E-state index contributed by atoms with van der Waals surface area (Å²) in [6.07, 6.45) is 5.44. The number of aryl methyl sites for hydroxylation is 1. The lowest BCUT2D eigenvalue weighted by atomic mass is 10.0. The van der Waals surface area contributed by atoms with Gasteiger partial charge in [-0.25, -0.2) is 0 Å². The zero-order chi connectivity index (χ0) is 19.5. The fourth-order valence-corrected chi connectivity index (χ4v) is 4.28. The van der Waals surface area contributed by atoms with E-state index in [1.165, 1.54) is 31.5 Å². The van der Waals surface area contributed by atoms with Gasteiger partial charge in [-0.05, 0) is 57.3 Å². The van der Waals surface area contributed by atoms with E-state index in [1.54, 1.807) is 4.68 Å². The van der Waals surface area contributed by atoms with Crippen LogP contribution in [-0.4, -0.2) is 46.8 Å². The molecule has 4 rings (SSSR count). The average molecular weight is 383 g/mol. The lowest BCUT2D eigenvalue weighted by molar-refractivity contribution is -0.121. The number of piperidine rings is 1. The summed E-state index contributed by atoms with van der Waals surface area (Å²) in [6, 6.07) is 6.13. The van der Waals surface area contributed by atoms with Crippen LogP contribution in [0, 0.1) is 12.8 Å². The molecule has 1 fully saturated rings. The second-order valence-electron chi connectivity index (χ2n) is 8.22. The third-order valence-corrected chi connectivity index (χ3v) is 5.70. The summed E-state index contributed by atoms with van der Waals surface area (Å²) in [7, 11) is 0. The minimum Gasteiger partial charge on any atom is -0.488 e. The average Bonchev–Trinajstić information content (AvgIpc) is 3.08. The van der Waals surface area contributed by atoms with Crippen LogP contribution in [0.4, 0.5) is 0 Å². The van der Waals surface area contributed by atoms with Crippen molar-refractivity contribution in [1.29, 1.82) is 0 Å². The largest absolute Gasteiger partial charge is 0.488 e. The number of ether oxygens (including phenoxy) is 1. The number of nitrogens with zero attached hydrogens (tertiary/aromatic N) is 3. The van der Waals surface area contributed by atoms with Gasteiger partial charge < -0.3 is 15.0 Å². The van der Waals surface area contributed by atoms with Crippen molar-refractivity contribution in [3.05, 3.63) is 35.5 Å². The van der Waals surface area contributed by atoms with Gasteiger partial charge in [0.05, 0.1) is 11.9 Å². The van der Waals surface area contributed by atoms with Crippen LogP contribution in [0.25, 0.3) is 11.3 Å². The third-order valence-electron chi connectivity index (χ3n) is 5.70. The second-order valence-corrected chi connectivity index (χ2v) is 8.22. The number of hydrogen-bond acceptors (Lipinski definition) is 4. The summed E-state index contributed by atoms with van der Waals surface area (Å²) in [5, 5.41) is 7.50. The van der Waals surface area contributed by atoms with Crippen molar-refractivity contribution in [1.82, 2.24) is 20.0 Å². The van der Waals surface area contributed by atoms with Crippen LogP contribution in [-0.2, 0) is 17.9 Å². The number of hydrogen-bond donors (Lipinski definition) is 1. The van der Waals surface area contributed by atoms with Crippen LogP contribution >= 0.6 is 0 Å². The number of carbonyl (C=O) groups is 1. The maximum absolute atomic E-state index is 12.5. The Morgan fingerprint density at radius 3 is 3.14 bits per heavy atom. The van der Waals surface area contributed by atoms with Crippen molar-refractivity contribution in [2.45, 2.75) is 46.3 Å². The quantitative estimate of drug-likeness (QED) is 0.781. The number of fused-ring (bicyclic) bond motifs is 3. The van der Waals surface area contributed by atoms with Crippen molar-refractivity contribution in [3.8, 4) is 17.0 Å². The molecule has 0 saturated carbocycles. The SMILES string of the molecule is Cc1ccc2c(c1)-c1c(cnn1CC(=O)NCCCN1CCC[C@H](C)C1)CO2. The Kier molecular flexibility index (Phi) is 5.67. The Bertz CT molecular complexity index is 845. The molecule has 1 aromatic heterocycles. The summed E-state index contributed by atoms with van der Waals surface area (Å²) < 4.78 is 7.61. The van der Waals surface area contributed by atoms with E-state index in [2.05, 4.69) is 35.2 Å². The van der Waals surface area contributed by atoms with Gasteiger partial charge in [0, 0.05) is 24.2 Å². The molecule has 28 heavy (non-hydrogen) atoms. The van der Waals surface area contributed by atoms with E-state index in [4.69, 9.17) is 4.74 Å². The number of benzene rings is 1. The normalized spacial score (nSPS) is 18.9. The Labute approximate surface area is 166 Å². The molecule has 1 aromatic carbocycles. The minimum absolute atomic E-state index is 0.0126. The van der Waals surface area contributed by atoms with E-state index in [9.17, 15) is 4.79 Å². The van der Waals surface area contributed by atoms with Crippen molar-refractivity contribution < 1.29 is 9.53 Å². The van der Waals surface area contributed by atoms with Gasteiger partial charge in [0.15, 0.2) is 0 Å². The van der Waals surface area contributed by atoms with E-state index < -0.39 is 0 Å². The van der Waals surface area contributed by atoms with Gasteiger partial charge in [-0.1, -0.05) is 18.6 Å². The van der Waals surface area contributed by atoms with E-state index in [-0.39, 0.29) is 12.5 Å². The van der Waals surface area contributed by atoms with E-state index in [0.29, 0.717) is 13.2 Å². The molecule has 0 bridgehead atoms. The molecular weight excluding hydrogens is 352 g/mol. The third kappa shape index (κ3) is 4.22. The fourth-order valence-electron chi connectivity index (χ4n) is 4.28. The number of aromatic nitrogens is 2. The molecule has 1 N–H and O–H groups in total. The van der Waals surface area contributed by atoms with Crippen LogP contribution in [0.5, 0.6) is 5.75 Å². The molecule has 6 nitrogen and oxygen atoms in total. The molecule has 1 amide bonds. The van der Waals surface area contributed by atoms with Gasteiger partial charge >= 0.3 is 0 Å². The van der Waals surface area contributed by atoms with E-state index >= 15 is 0 Å². The van der Waals surface area contributed by atoms with Crippen LogP contribution in [0.1, 0.15) is 37.3 Å². The lowest BCUT2D eigenvalue weighted by Crippen LogP contribution is -2.37. The summed E-state index contributed by atoms with van der Waals surface area (Å²) in [5.41, 5.74) is 4.22. The van der Waals surface area contributed by atoms with Gasteiger partial charge in [0.2, 0.25) is 5.91 Å². The number of nitrogens with one attached hydrogen (secondary N) is 1. The Hall–Kier alpha value is -2.34. The first kappa shape index (κ1) is 19.0. The van der Waals surface area contributed by atoms with Gasteiger partial charge in [-0.15, -0.1) is 0 Å². The van der Waals surface area contributed by atoms with Crippen molar-refractivity contribution in [2.75, 3.05) is 26.2 Å². The summed E-state index contributed by atoms with van der Waals surface area (Å²) >= 11 is 0. The highest BCUT2D eigenvalue weighted by molar-refractivity contribution is 5.78. The van der Waals surface area contributed by atoms with Gasteiger partial charge in [-0.3, -0.25) is 9.48 Å². The maximum atomic E-state index is 12.5. The monoisotopic (exact) mass is 382 g/mol. The van der Waals surface area contributed by atoms with Gasteiger partial charge in [0.1, 0.15) is 18.9 Å². The van der Waals surface area contributed by atoms with Crippen LogP contribution in [0.3, 0.4) is 0 Å². The summed E-state index contributed by atoms with van der Waals surface area (Å²) in [4.78, 5) is 15.0. The molecule has 6 heteroatoms. The topological polar surface area (TPSA) is 59.4 Å². The second kappa shape index (κ2) is 8.35. The summed E-state index contributed by atoms with van der Waals surface area (Å²) in [5.74, 6) is 1.67. The molecule has 150 valence electrons. The molecule has 2 aromatic rings. The fraction of sp³-hybridized carbons (Fsp3) is 0.545. The standard InChI is InChI=1S/C22H30N4O2/c1-16-6-7-20-19(11-16)22-18(15-28-20)12-24-26(22)14-21(27)23-8-4-10-25-9-3-5-17(2)13-25/h6-7,11-12,17H,3-5,8-10,13-15H2,1-2H3,(H,23,27)/t17-/m0/s1. The first-order chi connectivity index (χ1) is 13.6. The molecule has 3 heterocycles. The number of amides is 1. The van der Waals surface area contributed by atoms with Crippen molar-refractivity contribution in [3.63, 3.8) is 0 Å². The lowest BCUT2D eigenvalue weighted by Gasteiger charge is -2.30. The number of likely N-dealkylation sites (tertiary alicyclic amines) is 1. The molecule has 0 spiro atoms. The molecular formula is C22H30N4O2. The van der Waals surface area contributed by atoms with E-state index in [1.807, 2.05) is 18.3 Å².